The van der Waals surface area contributed by atoms with Gasteiger partial charge in [-0.3, -0.25) is 4.79 Å². The summed E-state index contributed by atoms with van der Waals surface area (Å²) in [6.45, 7) is 7.94. The molecule has 0 spiro atoms. The lowest BCUT2D eigenvalue weighted by molar-refractivity contribution is 0.0533. The first-order valence-corrected chi connectivity index (χ1v) is 8.81. The minimum Gasteiger partial charge on any atom is -0.338 e. The van der Waals surface area contributed by atoms with Gasteiger partial charge in [0.15, 0.2) is 0 Å². The van der Waals surface area contributed by atoms with Crippen molar-refractivity contribution >= 4 is 17.7 Å². The minimum atomic E-state index is -0.00832. The Kier molecular flexibility index (Phi) is 5.33. The summed E-state index contributed by atoms with van der Waals surface area (Å²) in [5.41, 5.74) is 8.19. The first-order valence-electron chi connectivity index (χ1n) is 7.65. The van der Waals surface area contributed by atoms with Gasteiger partial charge in [-0.15, -0.1) is 0 Å². The van der Waals surface area contributed by atoms with Crippen molar-refractivity contribution in [2.45, 2.75) is 39.0 Å². The fourth-order valence-corrected chi connectivity index (χ4v) is 3.33. The summed E-state index contributed by atoms with van der Waals surface area (Å²) in [6, 6.07) is 8.22. The number of nitrogens with two attached hydrogens (primary N) is 1. The summed E-state index contributed by atoms with van der Waals surface area (Å²) < 4.78 is 0. The molecule has 4 heteroatoms. The van der Waals surface area contributed by atoms with Gasteiger partial charge in [-0.1, -0.05) is 32.9 Å². The van der Waals surface area contributed by atoms with Crippen LogP contribution in [-0.4, -0.2) is 35.7 Å². The van der Waals surface area contributed by atoms with E-state index in [1.54, 1.807) is 0 Å². The van der Waals surface area contributed by atoms with Crippen LogP contribution < -0.4 is 5.73 Å². The van der Waals surface area contributed by atoms with Crippen LogP contribution in [0.15, 0.2) is 24.3 Å². The number of carbonyl (C=O) groups is 1. The highest BCUT2D eigenvalue weighted by molar-refractivity contribution is 7.98. The van der Waals surface area contributed by atoms with Gasteiger partial charge < -0.3 is 10.6 Å². The van der Waals surface area contributed by atoms with Crippen molar-refractivity contribution < 1.29 is 4.79 Å². The van der Waals surface area contributed by atoms with Crippen molar-refractivity contribution in [3.63, 3.8) is 0 Å². The minimum absolute atomic E-state index is 0.00832. The molecule has 1 amide bonds. The van der Waals surface area contributed by atoms with Crippen LogP contribution in [0.25, 0.3) is 0 Å². The standard InChI is InChI=1S/C17H26N2OS/c1-4-21-11-13-5-7-14(8-6-13)16(20)19-10-9-15(18)17(2,3)12-19/h5-8,15H,4,9-12,18H2,1-3H3. The molecule has 116 valence electrons. The maximum Gasteiger partial charge on any atom is 0.253 e. The normalized spacial score (nSPS) is 21.3. The molecule has 0 saturated carbocycles. The Balaban J connectivity index is 2.03. The van der Waals surface area contributed by atoms with Crippen LogP contribution in [0.1, 0.15) is 43.1 Å². The molecular weight excluding hydrogens is 280 g/mol. The predicted molar refractivity (Wildman–Crippen MR) is 90.6 cm³/mol. The molecule has 1 heterocycles. The van der Waals surface area contributed by atoms with Crippen molar-refractivity contribution in [3.8, 4) is 0 Å². The summed E-state index contributed by atoms with van der Waals surface area (Å²) >= 11 is 1.89. The molecule has 1 aliphatic rings. The van der Waals surface area contributed by atoms with E-state index in [0.717, 1.165) is 36.6 Å². The van der Waals surface area contributed by atoms with Gasteiger partial charge in [0.25, 0.3) is 5.91 Å². The number of hydrogen-bond acceptors (Lipinski definition) is 3. The fraction of sp³-hybridized carbons (Fsp3) is 0.588. The molecule has 1 saturated heterocycles. The van der Waals surface area contributed by atoms with E-state index in [4.69, 9.17) is 5.73 Å². The smallest absolute Gasteiger partial charge is 0.253 e. The summed E-state index contributed by atoms with van der Waals surface area (Å²) in [5.74, 6) is 2.25. The van der Waals surface area contributed by atoms with Gasteiger partial charge in [-0.25, -0.2) is 0 Å². The van der Waals surface area contributed by atoms with E-state index in [1.807, 2.05) is 28.8 Å². The van der Waals surface area contributed by atoms with Crippen LogP contribution in [0.4, 0.5) is 0 Å². The van der Waals surface area contributed by atoms with Crippen LogP contribution in [0.3, 0.4) is 0 Å². The topological polar surface area (TPSA) is 46.3 Å². The third-order valence-corrected chi connectivity index (χ3v) is 5.22. The summed E-state index contributed by atoms with van der Waals surface area (Å²) in [5, 5.41) is 0. The Morgan fingerprint density at radius 3 is 2.62 bits per heavy atom. The second kappa shape index (κ2) is 6.84. The lowest BCUT2D eigenvalue weighted by atomic mass is 9.79. The summed E-state index contributed by atoms with van der Waals surface area (Å²) in [7, 11) is 0. The van der Waals surface area contributed by atoms with E-state index >= 15 is 0 Å². The zero-order chi connectivity index (χ0) is 15.5. The molecule has 2 rings (SSSR count). The third kappa shape index (κ3) is 4.01. The van der Waals surface area contributed by atoms with E-state index in [1.165, 1.54) is 5.56 Å². The first-order chi connectivity index (χ1) is 9.94. The molecule has 0 bridgehead atoms. The molecule has 21 heavy (non-hydrogen) atoms. The average Bonchev–Trinajstić information content (AvgIpc) is 2.47. The van der Waals surface area contributed by atoms with Crippen LogP contribution >= 0.6 is 11.8 Å². The zero-order valence-electron chi connectivity index (χ0n) is 13.3. The molecule has 3 nitrogen and oxygen atoms in total. The lowest BCUT2D eigenvalue weighted by Crippen LogP contribution is -2.53. The van der Waals surface area contributed by atoms with Gasteiger partial charge in [0.1, 0.15) is 0 Å². The number of nitrogens with zero attached hydrogens (tertiary/aromatic N) is 1. The van der Waals surface area contributed by atoms with Gasteiger partial charge in [-0.2, -0.15) is 11.8 Å². The quantitative estimate of drug-likeness (QED) is 0.929. The number of likely N-dealkylation sites (tertiary alicyclic amines) is 1. The van der Waals surface area contributed by atoms with Crippen LogP contribution in [0.2, 0.25) is 0 Å². The lowest BCUT2D eigenvalue weighted by Gasteiger charge is -2.42. The van der Waals surface area contributed by atoms with E-state index in [9.17, 15) is 4.79 Å². The van der Waals surface area contributed by atoms with Gasteiger partial charge in [0, 0.05) is 30.4 Å². The monoisotopic (exact) mass is 306 g/mol. The highest BCUT2D eigenvalue weighted by Crippen LogP contribution is 2.28. The summed E-state index contributed by atoms with van der Waals surface area (Å²) in [4.78, 5) is 14.5. The van der Waals surface area contributed by atoms with E-state index in [2.05, 4.69) is 32.9 Å². The molecule has 1 fully saturated rings. The van der Waals surface area contributed by atoms with Gasteiger partial charge in [0.05, 0.1) is 0 Å². The molecule has 1 unspecified atom stereocenters. The number of amides is 1. The van der Waals surface area contributed by atoms with Crippen molar-refractivity contribution in [3.05, 3.63) is 35.4 Å². The average molecular weight is 306 g/mol. The van der Waals surface area contributed by atoms with Gasteiger partial charge >= 0.3 is 0 Å². The van der Waals surface area contributed by atoms with Crippen molar-refractivity contribution in [2.75, 3.05) is 18.8 Å². The maximum atomic E-state index is 12.6. The number of thioether (sulfide) groups is 1. The highest BCUT2D eigenvalue weighted by atomic mass is 32.2. The molecular formula is C17H26N2OS. The van der Waals surface area contributed by atoms with E-state index in [-0.39, 0.29) is 17.4 Å². The van der Waals surface area contributed by atoms with Crippen molar-refractivity contribution in [1.82, 2.24) is 4.90 Å². The number of piperidine rings is 1. The molecule has 1 aromatic carbocycles. The number of carbonyl (C=O) groups excluding carboxylic acids is 1. The summed E-state index contributed by atoms with van der Waals surface area (Å²) in [6.07, 6.45) is 0.879. The predicted octanol–water partition coefficient (Wildman–Crippen LogP) is 3.14. The number of hydrogen-bond donors (Lipinski definition) is 1. The SMILES string of the molecule is CCSCc1ccc(C(=O)N2CCC(N)C(C)(C)C2)cc1. The van der Waals surface area contributed by atoms with Crippen LogP contribution in [0.5, 0.6) is 0 Å². The van der Waals surface area contributed by atoms with E-state index in [0.29, 0.717) is 0 Å². The molecule has 0 aliphatic carbocycles. The van der Waals surface area contributed by atoms with Crippen LogP contribution in [-0.2, 0) is 5.75 Å². The Bertz CT molecular complexity index is 484. The van der Waals surface area contributed by atoms with Gasteiger partial charge in [0.2, 0.25) is 0 Å². The first kappa shape index (κ1) is 16.4. The fourth-order valence-electron chi connectivity index (χ4n) is 2.69. The van der Waals surface area contributed by atoms with Crippen molar-refractivity contribution in [2.24, 2.45) is 11.1 Å². The Morgan fingerprint density at radius 2 is 2.05 bits per heavy atom. The zero-order valence-corrected chi connectivity index (χ0v) is 14.1. The largest absolute Gasteiger partial charge is 0.338 e. The van der Waals surface area contributed by atoms with Crippen molar-refractivity contribution in [1.29, 1.82) is 0 Å². The second-order valence-corrected chi connectivity index (χ2v) is 7.72. The molecule has 1 atom stereocenters. The molecule has 1 aromatic rings. The molecule has 0 radical (unpaired) electrons. The Labute approximate surface area is 132 Å². The maximum absolute atomic E-state index is 12.6. The Hall–Kier alpha value is -1.00. The molecule has 1 aliphatic heterocycles. The Morgan fingerprint density at radius 1 is 1.38 bits per heavy atom. The molecule has 0 aromatic heterocycles. The molecule has 2 N–H and O–H groups in total. The number of rotatable bonds is 4. The van der Waals surface area contributed by atoms with Crippen LogP contribution in [0, 0.1) is 5.41 Å². The van der Waals surface area contributed by atoms with E-state index < -0.39 is 0 Å². The second-order valence-electron chi connectivity index (χ2n) is 6.44. The third-order valence-electron chi connectivity index (χ3n) is 4.27. The van der Waals surface area contributed by atoms with Gasteiger partial charge in [-0.05, 0) is 35.3 Å². The highest BCUT2D eigenvalue weighted by Gasteiger charge is 2.35. The number of benzene rings is 1.